The summed E-state index contributed by atoms with van der Waals surface area (Å²) in [6, 6.07) is 6.40. The second-order valence-corrected chi connectivity index (χ2v) is 4.78. The average molecular weight is 274 g/mol. The molecule has 0 heterocycles. The monoisotopic (exact) mass is 274 g/mol. The molecule has 100 valence electrons. The Labute approximate surface area is 105 Å². The van der Waals surface area contributed by atoms with Gasteiger partial charge in [-0.15, -0.1) is 0 Å². The largest absolute Gasteiger partial charge is 0.452 e. The number of nitrogens with one attached hydrogen (secondary N) is 2. The summed E-state index contributed by atoms with van der Waals surface area (Å²) >= 11 is 0. The zero-order valence-electron chi connectivity index (χ0n) is 9.71. The van der Waals surface area contributed by atoms with Gasteiger partial charge in [-0.3, -0.25) is 4.72 Å². The number of hydrogen-bond acceptors (Lipinski definition) is 5. The Bertz CT molecular complexity index is 498. The minimum Gasteiger partial charge on any atom is -0.452 e. The van der Waals surface area contributed by atoms with Crippen molar-refractivity contribution in [2.75, 3.05) is 18.4 Å². The molecule has 0 fully saturated rings. The Kier molecular flexibility index (Phi) is 4.93. The van der Waals surface area contributed by atoms with Crippen LogP contribution < -0.4 is 9.44 Å². The fourth-order valence-corrected chi connectivity index (χ4v) is 2.00. The number of methoxy groups -OCH3 is 1. The molecule has 3 N–H and O–H groups in total. The van der Waals surface area contributed by atoms with Crippen LogP contribution in [0.5, 0.6) is 0 Å². The number of aliphatic hydroxyl groups excluding tert-OH is 1. The number of carbonyl (C=O) groups excluding carboxylic acids is 1. The van der Waals surface area contributed by atoms with Crippen molar-refractivity contribution in [3.8, 4) is 0 Å². The first-order valence-corrected chi connectivity index (χ1v) is 6.53. The number of rotatable bonds is 5. The van der Waals surface area contributed by atoms with E-state index in [9.17, 15) is 13.2 Å². The van der Waals surface area contributed by atoms with Crippen molar-refractivity contribution in [2.24, 2.45) is 0 Å². The maximum absolute atomic E-state index is 11.4. The zero-order valence-corrected chi connectivity index (χ0v) is 10.5. The third-order valence-corrected chi connectivity index (χ3v) is 2.95. The van der Waals surface area contributed by atoms with Crippen LogP contribution in [0.1, 0.15) is 5.56 Å². The summed E-state index contributed by atoms with van der Waals surface area (Å²) in [6.45, 7) is 0.0228. The van der Waals surface area contributed by atoms with Gasteiger partial charge in [-0.25, -0.2) is 9.52 Å². The summed E-state index contributed by atoms with van der Waals surface area (Å²) in [6.07, 6.45) is -0.577. The number of carbonyl (C=O) groups is 1. The van der Waals surface area contributed by atoms with E-state index in [-0.39, 0.29) is 6.61 Å². The standard InChI is InChI=1S/C10H14N2O5S/c1-17-10(14)12-18(15,16)11-9-4-2-8(3-5-9)6-7-13/h2-5,11,13H,6-7H2,1H3,(H,12,14). The van der Waals surface area contributed by atoms with Crippen molar-refractivity contribution in [1.82, 2.24) is 4.72 Å². The molecule has 1 aromatic carbocycles. The fraction of sp³-hybridized carbons (Fsp3) is 0.300. The molecule has 18 heavy (non-hydrogen) atoms. The van der Waals surface area contributed by atoms with Gasteiger partial charge in [-0.1, -0.05) is 12.1 Å². The minimum absolute atomic E-state index is 0.0228. The van der Waals surface area contributed by atoms with E-state index in [1.807, 2.05) is 0 Å². The summed E-state index contributed by atoms with van der Waals surface area (Å²) < 4.78 is 30.8. The third-order valence-electron chi connectivity index (χ3n) is 2.01. The van der Waals surface area contributed by atoms with Crippen LogP contribution in [-0.2, 0) is 21.4 Å². The van der Waals surface area contributed by atoms with E-state index in [1.165, 1.54) is 12.1 Å². The molecule has 0 aromatic heterocycles. The lowest BCUT2D eigenvalue weighted by Crippen LogP contribution is -2.35. The molecule has 0 bridgehead atoms. The maximum atomic E-state index is 11.4. The van der Waals surface area contributed by atoms with Gasteiger partial charge in [0, 0.05) is 6.61 Å². The second-order valence-electron chi connectivity index (χ2n) is 3.37. The predicted octanol–water partition coefficient (Wildman–Crippen LogP) is 0.234. The molecule has 1 rings (SSSR count). The van der Waals surface area contributed by atoms with Gasteiger partial charge in [0.2, 0.25) is 0 Å². The van der Waals surface area contributed by atoms with Gasteiger partial charge in [0.1, 0.15) is 0 Å². The number of anilines is 1. The molecule has 0 aliphatic heterocycles. The van der Waals surface area contributed by atoms with Crippen molar-refractivity contribution in [3.63, 3.8) is 0 Å². The Morgan fingerprint density at radius 2 is 1.94 bits per heavy atom. The molecular formula is C10H14N2O5S. The van der Waals surface area contributed by atoms with E-state index in [4.69, 9.17) is 5.11 Å². The van der Waals surface area contributed by atoms with Crippen molar-refractivity contribution in [3.05, 3.63) is 29.8 Å². The number of amides is 1. The fourth-order valence-electron chi connectivity index (χ4n) is 1.20. The number of aliphatic hydroxyl groups is 1. The van der Waals surface area contributed by atoms with Gasteiger partial charge in [0.25, 0.3) is 0 Å². The molecule has 0 saturated heterocycles. The normalized spacial score (nSPS) is 10.8. The molecule has 0 atom stereocenters. The first kappa shape index (κ1) is 14.3. The summed E-state index contributed by atoms with van der Waals surface area (Å²) in [5.74, 6) is 0. The second kappa shape index (κ2) is 6.22. The van der Waals surface area contributed by atoms with Gasteiger partial charge in [-0.2, -0.15) is 8.42 Å². The van der Waals surface area contributed by atoms with E-state index in [1.54, 1.807) is 16.9 Å². The van der Waals surface area contributed by atoms with Crippen molar-refractivity contribution >= 4 is 22.0 Å². The lowest BCUT2D eigenvalue weighted by molar-refractivity contribution is 0.177. The first-order valence-electron chi connectivity index (χ1n) is 5.05. The van der Waals surface area contributed by atoms with Crippen LogP contribution in [0.4, 0.5) is 10.5 Å². The highest BCUT2D eigenvalue weighted by atomic mass is 32.2. The quantitative estimate of drug-likeness (QED) is 0.713. The molecule has 1 aromatic rings. The molecule has 0 radical (unpaired) electrons. The summed E-state index contributed by atoms with van der Waals surface area (Å²) in [7, 11) is -2.93. The Balaban J connectivity index is 2.69. The highest BCUT2D eigenvalue weighted by Crippen LogP contribution is 2.11. The molecule has 8 heteroatoms. The molecule has 0 aliphatic rings. The first-order chi connectivity index (χ1) is 8.46. The van der Waals surface area contributed by atoms with Crippen LogP contribution in [0.3, 0.4) is 0 Å². The van der Waals surface area contributed by atoms with Crippen molar-refractivity contribution in [2.45, 2.75) is 6.42 Å². The van der Waals surface area contributed by atoms with Gasteiger partial charge >= 0.3 is 16.3 Å². The lowest BCUT2D eigenvalue weighted by Gasteiger charge is -2.08. The van der Waals surface area contributed by atoms with E-state index < -0.39 is 16.3 Å². The van der Waals surface area contributed by atoms with Gasteiger partial charge in [0.15, 0.2) is 0 Å². The minimum atomic E-state index is -4.00. The van der Waals surface area contributed by atoms with E-state index >= 15 is 0 Å². The Hall–Kier alpha value is -1.80. The van der Waals surface area contributed by atoms with Gasteiger partial charge in [-0.05, 0) is 24.1 Å². The van der Waals surface area contributed by atoms with Crippen molar-refractivity contribution < 1.29 is 23.1 Å². The molecule has 0 spiro atoms. The molecule has 0 aliphatic carbocycles. The molecular weight excluding hydrogens is 260 g/mol. The Morgan fingerprint density at radius 3 is 2.44 bits per heavy atom. The molecule has 0 saturated carbocycles. The third kappa shape index (κ3) is 4.60. The number of hydrogen-bond donors (Lipinski definition) is 3. The summed E-state index contributed by atoms with van der Waals surface area (Å²) in [4.78, 5) is 10.8. The van der Waals surface area contributed by atoms with Crippen LogP contribution in [0.15, 0.2) is 24.3 Å². The smallest absolute Gasteiger partial charge is 0.422 e. The highest BCUT2D eigenvalue weighted by molar-refractivity contribution is 7.91. The van der Waals surface area contributed by atoms with Crippen LogP contribution in [0.25, 0.3) is 0 Å². The SMILES string of the molecule is COC(=O)NS(=O)(=O)Nc1ccc(CCO)cc1. The van der Waals surface area contributed by atoms with E-state index in [2.05, 4.69) is 9.46 Å². The topological polar surface area (TPSA) is 105 Å². The molecule has 7 nitrogen and oxygen atoms in total. The van der Waals surface area contributed by atoms with Crippen LogP contribution in [-0.4, -0.2) is 33.3 Å². The number of ether oxygens (including phenoxy) is 1. The van der Waals surface area contributed by atoms with Crippen LogP contribution in [0.2, 0.25) is 0 Å². The Morgan fingerprint density at radius 1 is 1.33 bits per heavy atom. The zero-order chi connectivity index (χ0) is 13.6. The van der Waals surface area contributed by atoms with Gasteiger partial charge in [0.05, 0.1) is 12.8 Å². The predicted molar refractivity (Wildman–Crippen MR) is 65.3 cm³/mol. The van der Waals surface area contributed by atoms with E-state index in [0.29, 0.717) is 12.1 Å². The molecule has 0 unspecified atom stereocenters. The van der Waals surface area contributed by atoms with Gasteiger partial charge < -0.3 is 9.84 Å². The van der Waals surface area contributed by atoms with Crippen LogP contribution >= 0.6 is 0 Å². The summed E-state index contributed by atoms with van der Waals surface area (Å²) in [5.41, 5.74) is 1.18. The van der Waals surface area contributed by atoms with E-state index in [0.717, 1.165) is 12.7 Å². The number of benzene rings is 1. The van der Waals surface area contributed by atoms with Crippen molar-refractivity contribution in [1.29, 1.82) is 0 Å². The maximum Gasteiger partial charge on any atom is 0.422 e. The average Bonchev–Trinajstić information content (AvgIpc) is 2.31. The van der Waals surface area contributed by atoms with Crippen LogP contribution in [0, 0.1) is 0 Å². The lowest BCUT2D eigenvalue weighted by atomic mass is 10.1. The summed E-state index contributed by atoms with van der Waals surface area (Å²) in [5, 5.41) is 8.73. The molecule has 1 amide bonds. The highest BCUT2D eigenvalue weighted by Gasteiger charge is 2.13.